The van der Waals surface area contributed by atoms with Gasteiger partial charge in [0.25, 0.3) is 0 Å². The van der Waals surface area contributed by atoms with Gasteiger partial charge in [0.05, 0.1) is 5.71 Å². The average molecular weight is 126 g/mol. The van der Waals surface area contributed by atoms with Crippen molar-refractivity contribution in [2.24, 2.45) is 10.9 Å². The van der Waals surface area contributed by atoms with E-state index in [0.29, 0.717) is 0 Å². The average Bonchev–Trinajstić information content (AvgIpc) is 1.59. The van der Waals surface area contributed by atoms with E-state index >= 15 is 0 Å². The molecule has 0 fully saturated rings. The van der Waals surface area contributed by atoms with E-state index in [9.17, 15) is 0 Å². The molecule has 0 radical (unpaired) electrons. The maximum Gasteiger partial charge on any atom is 0.0628 e. The molecule has 0 bridgehead atoms. The summed E-state index contributed by atoms with van der Waals surface area (Å²) < 4.78 is 0. The lowest BCUT2D eigenvalue weighted by Crippen LogP contribution is -2.40. The van der Waals surface area contributed by atoms with E-state index in [1.54, 1.807) is 0 Å². The van der Waals surface area contributed by atoms with E-state index in [2.05, 4.69) is 10.5 Å². The van der Waals surface area contributed by atoms with Gasteiger partial charge in [0.2, 0.25) is 0 Å². The summed E-state index contributed by atoms with van der Waals surface area (Å²) in [6, 6.07) is 0. The summed E-state index contributed by atoms with van der Waals surface area (Å²) in [6.07, 6.45) is 1.92. The molecule has 0 aromatic carbocycles. The molecule has 1 heterocycles. The fourth-order valence-corrected chi connectivity index (χ4v) is 0.750. The molecule has 9 heavy (non-hydrogen) atoms. The van der Waals surface area contributed by atoms with Crippen molar-refractivity contribution in [2.75, 3.05) is 0 Å². The van der Waals surface area contributed by atoms with Crippen LogP contribution in [0, 0.1) is 0 Å². The summed E-state index contributed by atoms with van der Waals surface area (Å²) in [5.74, 6) is 5.31. The lowest BCUT2D eigenvalue weighted by Gasteiger charge is -2.19. The highest BCUT2D eigenvalue weighted by Crippen LogP contribution is 1.95. The van der Waals surface area contributed by atoms with Crippen molar-refractivity contribution in [3.8, 4) is 0 Å². The first kappa shape index (κ1) is 6.10. The summed E-state index contributed by atoms with van der Waals surface area (Å²) in [5.41, 5.74) is 4.71. The standard InChI is InChI=1S/C5H10N4/c1-4-3-5(2)8-9(6)7-4/h3,7H,6H2,1-2H3. The van der Waals surface area contributed by atoms with Gasteiger partial charge in [-0.3, -0.25) is 5.43 Å². The molecule has 0 spiro atoms. The lowest BCUT2D eigenvalue weighted by molar-refractivity contribution is 0.225. The number of hydrogen-bond donors (Lipinski definition) is 2. The van der Waals surface area contributed by atoms with E-state index in [4.69, 9.17) is 5.84 Å². The smallest absolute Gasteiger partial charge is 0.0628 e. The molecule has 0 saturated carbocycles. The molecule has 3 N–H and O–H groups in total. The molecule has 0 atom stereocenters. The van der Waals surface area contributed by atoms with Gasteiger partial charge in [0.15, 0.2) is 0 Å². The Morgan fingerprint density at radius 2 is 2.33 bits per heavy atom. The van der Waals surface area contributed by atoms with Crippen LogP contribution < -0.4 is 11.3 Å². The molecule has 0 aromatic heterocycles. The predicted molar refractivity (Wildman–Crippen MR) is 36.0 cm³/mol. The second-order valence-corrected chi connectivity index (χ2v) is 2.03. The SMILES string of the molecule is CC1=CC(C)=NN(N)N1. The highest BCUT2D eigenvalue weighted by Gasteiger charge is 2.00. The zero-order valence-electron chi connectivity index (χ0n) is 5.55. The van der Waals surface area contributed by atoms with Gasteiger partial charge in [0.1, 0.15) is 0 Å². The van der Waals surface area contributed by atoms with Crippen molar-refractivity contribution in [1.82, 2.24) is 10.7 Å². The minimum atomic E-state index is 0.911. The highest BCUT2D eigenvalue weighted by atomic mass is 15.8. The fourth-order valence-electron chi connectivity index (χ4n) is 0.750. The van der Waals surface area contributed by atoms with Crippen molar-refractivity contribution in [2.45, 2.75) is 13.8 Å². The minimum Gasteiger partial charge on any atom is -0.272 e. The number of allylic oxidation sites excluding steroid dienone is 2. The van der Waals surface area contributed by atoms with Gasteiger partial charge in [-0.2, -0.15) is 0 Å². The Morgan fingerprint density at radius 3 is 2.78 bits per heavy atom. The molecule has 1 rings (SSSR count). The van der Waals surface area contributed by atoms with Crippen LogP contribution >= 0.6 is 0 Å². The van der Waals surface area contributed by atoms with E-state index < -0.39 is 0 Å². The van der Waals surface area contributed by atoms with Crippen LogP contribution in [0.5, 0.6) is 0 Å². The molecular weight excluding hydrogens is 116 g/mol. The number of nitrogens with zero attached hydrogens (tertiary/aromatic N) is 2. The molecule has 50 valence electrons. The molecular formula is C5H10N4. The third kappa shape index (κ3) is 1.43. The number of hydrazine groups is 2. The summed E-state index contributed by atoms with van der Waals surface area (Å²) >= 11 is 0. The molecule has 4 heteroatoms. The quantitative estimate of drug-likeness (QED) is 0.448. The van der Waals surface area contributed by atoms with Crippen LogP contribution in [0.2, 0.25) is 0 Å². The van der Waals surface area contributed by atoms with E-state index in [1.807, 2.05) is 19.9 Å². The summed E-state index contributed by atoms with van der Waals surface area (Å²) in [7, 11) is 0. The van der Waals surface area contributed by atoms with Crippen LogP contribution in [-0.2, 0) is 0 Å². The predicted octanol–water partition coefficient (Wildman–Crippen LogP) is -0.0400. The van der Waals surface area contributed by atoms with Gasteiger partial charge >= 0.3 is 0 Å². The molecule has 1 aliphatic rings. The second kappa shape index (κ2) is 2.06. The first-order valence-corrected chi connectivity index (χ1v) is 2.73. The second-order valence-electron chi connectivity index (χ2n) is 2.03. The third-order valence-electron chi connectivity index (χ3n) is 0.982. The normalized spacial score (nSPS) is 18.3. The number of hydrazone groups is 1. The topological polar surface area (TPSA) is 53.6 Å². The highest BCUT2D eigenvalue weighted by molar-refractivity contribution is 5.93. The van der Waals surface area contributed by atoms with Crippen LogP contribution in [0.3, 0.4) is 0 Å². The van der Waals surface area contributed by atoms with Crippen LogP contribution in [0.4, 0.5) is 0 Å². The molecule has 1 aliphatic heterocycles. The van der Waals surface area contributed by atoms with E-state index in [-0.39, 0.29) is 0 Å². The summed E-state index contributed by atoms with van der Waals surface area (Å²) in [6.45, 7) is 3.82. The van der Waals surface area contributed by atoms with Crippen LogP contribution in [0.15, 0.2) is 16.9 Å². The van der Waals surface area contributed by atoms with Crippen LogP contribution in [0.1, 0.15) is 13.8 Å². The van der Waals surface area contributed by atoms with Crippen molar-refractivity contribution in [3.05, 3.63) is 11.8 Å². The molecule has 0 aromatic rings. The first-order chi connectivity index (χ1) is 4.18. The fraction of sp³-hybridized carbons (Fsp3) is 0.400. The molecule has 0 unspecified atom stereocenters. The molecule has 0 aliphatic carbocycles. The maximum absolute atomic E-state index is 5.31. The van der Waals surface area contributed by atoms with Gasteiger partial charge in [-0.1, -0.05) is 0 Å². The van der Waals surface area contributed by atoms with Gasteiger partial charge < -0.3 is 0 Å². The number of nitrogens with two attached hydrogens (primary N) is 1. The maximum atomic E-state index is 5.31. The molecule has 0 saturated heterocycles. The van der Waals surface area contributed by atoms with Gasteiger partial charge in [-0.05, 0) is 19.9 Å². The zero-order valence-corrected chi connectivity index (χ0v) is 5.55. The van der Waals surface area contributed by atoms with E-state index in [0.717, 1.165) is 11.4 Å². The van der Waals surface area contributed by atoms with Crippen LogP contribution in [-0.4, -0.2) is 10.9 Å². The Bertz CT molecular complexity index is 170. The van der Waals surface area contributed by atoms with Crippen LogP contribution in [0.25, 0.3) is 0 Å². The number of rotatable bonds is 0. The van der Waals surface area contributed by atoms with Gasteiger partial charge in [-0.25, -0.2) is 5.84 Å². The van der Waals surface area contributed by atoms with E-state index in [1.165, 1.54) is 5.23 Å². The van der Waals surface area contributed by atoms with Crippen molar-refractivity contribution >= 4 is 5.71 Å². The van der Waals surface area contributed by atoms with Crippen molar-refractivity contribution < 1.29 is 0 Å². The monoisotopic (exact) mass is 126 g/mol. The van der Waals surface area contributed by atoms with Gasteiger partial charge in [-0.15, -0.1) is 10.3 Å². The number of nitrogens with one attached hydrogen (secondary N) is 1. The van der Waals surface area contributed by atoms with Crippen molar-refractivity contribution in [1.29, 1.82) is 0 Å². The number of hydrogen-bond acceptors (Lipinski definition) is 4. The Hall–Kier alpha value is -1.03. The summed E-state index contributed by atoms with van der Waals surface area (Å²) in [4.78, 5) is 0. The van der Waals surface area contributed by atoms with Crippen molar-refractivity contribution in [3.63, 3.8) is 0 Å². The Balaban J connectivity index is 2.74. The zero-order chi connectivity index (χ0) is 6.85. The Morgan fingerprint density at radius 1 is 1.67 bits per heavy atom. The Kier molecular flexibility index (Phi) is 1.40. The lowest BCUT2D eigenvalue weighted by atomic mass is 10.3. The van der Waals surface area contributed by atoms with Gasteiger partial charge in [0, 0.05) is 5.70 Å². The Labute approximate surface area is 54.0 Å². The first-order valence-electron chi connectivity index (χ1n) is 2.73. The summed E-state index contributed by atoms with van der Waals surface area (Å²) in [5, 5.41) is 5.07. The minimum absolute atomic E-state index is 0.911. The molecule has 4 nitrogen and oxygen atoms in total. The third-order valence-corrected chi connectivity index (χ3v) is 0.982. The molecule has 0 amide bonds. The largest absolute Gasteiger partial charge is 0.272 e.